The summed E-state index contributed by atoms with van der Waals surface area (Å²) in [7, 11) is 0. The fourth-order valence-corrected chi connectivity index (χ4v) is 9.70. The van der Waals surface area contributed by atoms with Gasteiger partial charge < -0.3 is 5.11 Å². The highest BCUT2D eigenvalue weighted by molar-refractivity contribution is 6.02. The first kappa shape index (κ1) is 25.2. The second kappa shape index (κ2) is 7.55. The largest absolute Gasteiger partial charge is 0.626 e. The van der Waals surface area contributed by atoms with Gasteiger partial charge in [0.1, 0.15) is 6.07 Å². The molecule has 3 N–H and O–H groups in total. The monoisotopic (exact) mass is 493 g/mol. The lowest BCUT2D eigenvalue weighted by Gasteiger charge is -2.68. The first-order valence-electron chi connectivity index (χ1n) is 13.6. The van der Waals surface area contributed by atoms with E-state index in [1.807, 2.05) is 19.1 Å². The Morgan fingerprint density at radius 1 is 1.06 bits per heavy atom. The summed E-state index contributed by atoms with van der Waals surface area (Å²) < 4.78 is 0. The number of rotatable bonds is 1. The topological polar surface area (TPSA) is 110 Å². The molecule has 8 atom stereocenters. The molecule has 0 saturated heterocycles. The number of allylic oxidation sites excluding steroid dienone is 4. The molecule has 5 aliphatic carbocycles. The fraction of sp³-hybridized carbons (Fsp3) is 0.733. The van der Waals surface area contributed by atoms with Crippen molar-refractivity contribution in [2.24, 2.45) is 45.3 Å². The zero-order chi connectivity index (χ0) is 26.5. The number of nitriles is 1. The summed E-state index contributed by atoms with van der Waals surface area (Å²) in [6, 6.07) is 2.14. The predicted molar refractivity (Wildman–Crippen MR) is 137 cm³/mol. The molecule has 1 amide bonds. The number of carbonyl (C=O) groups excluding carboxylic acids is 3. The number of amides is 1. The van der Waals surface area contributed by atoms with Gasteiger partial charge in [-0.2, -0.15) is 5.26 Å². The quantitative estimate of drug-likeness (QED) is 0.518. The zero-order valence-electron chi connectivity index (χ0n) is 22.6. The summed E-state index contributed by atoms with van der Waals surface area (Å²) in [5, 5.41) is 20.5. The first-order chi connectivity index (χ1) is 16.6. The van der Waals surface area contributed by atoms with Crippen LogP contribution < -0.4 is 5.32 Å². The summed E-state index contributed by atoms with van der Waals surface area (Å²) in [4.78, 5) is 39.2. The Morgan fingerprint density at radius 3 is 2.36 bits per heavy atom. The number of ketones is 2. The molecule has 36 heavy (non-hydrogen) atoms. The molecule has 6 heteroatoms. The smallest absolute Gasteiger partial charge is 0.547 e. The molecule has 0 aromatic heterocycles. The number of fused-ring (bicyclic) bond motifs is 7. The van der Waals surface area contributed by atoms with Gasteiger partial charge in [0.2, 0.25) is 0 Å². The highest BCUT2D eigenvalue weighted by atomic mass is 16.4. The van der Waals surface area contributed by atoms with Crippen molar-refractivity contribution < 1.29 is 19.5 Å². The number of nitrogens with zero attached hydrogens (tertiary/aromatic N) is 1. The molecule has 6 nitrogen and oxygen atoms in total. The van der Waals surface area contributed by atoms with Crippen molar-refractivity contribution >= 4 is 17.7 Å². The van der Waals surface area contributed by atoms with E-state index in [2.05, 4.69) is 46.0 Å². The molecule has 0 spiro atoms. The molecule has 0 aromatic rings. The van der Waals surface area contributed by atoms with Crippen molar-refractivity contribution in [3.63, 3.8) is 0 Å². The third-order valence-corrected chi connectivity index (χ3v) is 11.9. The molecule has 0 aliphatic heterocycles. The number of Topliss-reactive ketones (excluding diaryl/α,β-unsaturated/α-hetero) is 1. The Balaban J connectivity index is 1.68. The van der Waals surface area contributed by atoms with Crippen LogP contribution in [-0.2, 0) is 9.59 Å². The number of nitrogens with one attached hydrogen (secondary N) is 1. The Morgan fingerprint density at radius 2 is 1.72 bits per heavy atom. The van der Waals surface area contributed by atoms with Crippen molar-refractivity contribution in [2.75, 3.05) is 0 Å². The van der Waals surface area contributed by atoms with E-state index in [-0.39, 0.29) is 57.1 Å². The molecule has 0 heterocycles. The van der Waals surface area contributed by atoms with Crippen LogP contribution in [-0.4, -0.2) is 28.3 Å². The lowest BCUT2D eigenvalue weighted by molar-refractivity contribution is -0.158. The standard InChI is InChI=1S/C30H40N2O4/c1-17-19-7-8-28(5)22(27(19,4)14-18(16-31)24(17)34)13-21(33)23-20-15-26(2,3)9-11-30(20,32-25(35)36)12-10-29(23,28)6/h13-14,17,19-20,23,32H,7-12,15H2,1-6H3,(H,35,36)/p+1/t17-,19-,20?,23?,27-,28+,29+,30-/m0/s1. The SMILES string of the molecule is C[C@@H]1C(=O)C(C#N)=C[C@]2(C)C3=CC(=O)C4C5CC(C)(C)CC[C@]5(NC(=O)[OH2+])CC[C@@]4(C)[C@]3(C)CC[C@@H]12. The molecule has 0 bridgehead atoms. The molecule has 5 aliphatic rings. The van der Waals surface area contributed by atoms with E-state index in [4.69, 9.17) is 5.11 Å². The van der Waals surface area contributed by atoms with Gasteiger partial charge in [-0.05, 0) is 79.1 Å². The summed E-state index contributed by atoms with van der Waals surface area (Å²) in [5.41, 5.74) is -0.191. The second-order valence-corrected chi connectivity index (χ2v) is 14.0. The van der Waals surface area contributed by atoms with Crippen LogP contribution in [0.4, 0.5) is 4.79 Å². The van der Waals surface area contributed by atoms with Gasteiger partial charge in [-0.15, -0.1) is 0 Å². The average molecular weight is 494 g/mol. The Bertz CT molecular complexity index is 1160. The fourth-order valence-electron chi connectivity index (χ4n) is 9.70. The van der Waals surface area contributed by atoms with E-state index in [9.17, 15) is 19.6 Å². The van der Waals surface area contributed by atoms with Crippen LogP contribution in [0.1, 0.15) is 86.5 Å². The maximum atomic E-state index is 14.2. The van der Waals surface area contributed by atoms with Crippen LogP contribution in [0.15, 0.2) is 23.3 Å². The maximum absolute atomic E-state index is 14.2. The van der Waals surface area contributed by atoms with Crippen LogP contribution in [0.2, 0.25) is 0 Å². The Kier molecular flexibility index (Phi) is 5.30. The molecular formula is C30H41N2O4+. The van der Waals surface area contributed by atoms with Crippen LogP contribution in [0, 0.1) is 56.7 Å². The van der Waals surface area contributed by atoms with Crippen molar-refractivity contribution in [1.82, 2.24) is 5.32 Å². The Labute approximate surface area is 214 Å². The van der Waals surface area contributed by atoms with Gasteiger partial charge in [0, 0.05) is 17.3 Å². The Hall–Kier alpha value is -2.42. The van der Waals surface area contributed by atoms with Gasteiger partial charge in [-0.25, -0.2) is 0 Å². The second-order valence-electron chi connectivity index (χ2n) is 14.0. The molecule has 5 rings (SSSR count). The zero-order valence-corrected chi connectivity index (χ0v) is 22.6. The van der Waals surface area contributed by atoms with Crippen LogP contribution in [0.3, 0.4) is 0 Å². The van der Waals surface area contributed by atoms with E-state index in [0.29, 0.717) is 0 Å². The lowest BCUT2D eigenvalue weighted by atomic mass is 9.36. The van der Waals surface area contributed by atoms with E-state index in [1.165, 1.54) is 0 Å². The van der Waals surface area contributed by atoms with Gasteiger partial charge in [0.05, 0.1) is 15.9 Å². The molecular weight excluding hydrogens is 452 g/mol. The van der Waals surface area contributed by atoms with Crippen LogP contribution in [0.5, 0.6) is 0 Å². The third-order valence-electron chi connectivity index (χ3n) is 11.9. The minimum Gasteiger partial charge on any atom is -0.547 e. The maximum Gasteiger partial charge on any atom is 0.626 e. The summed E-state index contributed by atoms with van der Waals surface area (Å²) in [6.07, 6.45) is 8.98. The highest BCUT2D eigenvalue weighted by Gasteiger charge is 2.69. The third kappa shape index (κ3) is 3.10. The molecule has 3 fully saturated rings. The molecule has 2 unspecified atom stereocenters. The minimum atomic E-state index is -0.753. The average Bonchev–Trinajstić information content (AvgIpc) is 2.78. The van der Waals surface area contributed by atoms with E-state index < -0.39 is 17.0 Å². The van der Waals surface area contributed by atoms with Crippen molar-refractivity contribution in [3.05, 3.63) is 23.3 Å². The number of carbonyl (C=O) groups is 3. The summed E-state index contributed by atoms with van der Waals surface area (Å²) >= 11 is 0. The van der Waals surface area contributed by atoms with Crippen molar-refractivity contribution in [3.8, 4) is 6.07 Å². The van der Waals surface area contributed by atoms with E-state index in [1.54, 1.807) is 0 Å². The summed E-state index contributed by atoms with van der Waals surface area (Å²) in [6.45, 7) is 13.2. The number of hydrogen-bond acceptors (Lipinski definition) is 4. The summed E-state index contributed by atoms with van der Waals surface area (Å²) in [5.74, 6) is -0.366. The van der Waals surface area contributed by atoms with Crippen LogP contribution >= 0.6 is 0 Å². The molecule has 0 aromatic carbocycles. The van der Waals surface area contributed by atoms with Gasteiger partial charge >= 0.3 is 6.09 Å². The van der Waals surface area contributed by atoms with Gasteiger partial charge in [0.15, 0.2) is 11.6 Å². The van der Waals surface area contributed by atoms with Crippen molar-refractivity contribution in [2.45, 2.75) is 92.0 Å². The van der Waals surface area contributed by atoms with Gasteiger partial charge in [-0.1, -0.05) is 53.2 Å². The van der Waals surface area contributed by atoms with Gasteiger partial charge in [0.25, 0.3) is 0 Å². The van der Waals surface area contributed by atoms with Crippen molar-refractivity contribution in [1.29, 1.82) is 5.26 Å². The van der Waals surface area contributed by atoms with E-state index in [0.717, 1.165) is 50.5 Å². The first-order valence-corrected chi connectivity index (χ1v) is 13.6. The molecule has 194 valence electrons. The number of hydrogen-bond donors (Lipinski definition) is 1. The normalized spacial score (nSPS) is 47.1. The minimum absolute atomic E-state index is 0.0148. The molecule has 0 radical (unpaired) electrons. The van der Waals surface area contributed by atoms with E-state index >= 15 is 0 Å². The van der Waals surface area contributed by atoms with Crippen LogP contribution in [0.25, 0.3) is 0 Å². The molecule has 3 saturated carbocycles. The highest BCUT2D eigenvalue weighted by Crippen LogP contribution is 2.72. The lowest BCUT2D eigenvalue weighted by Crippen LogP contribution is -2.69. The predicted octanol–water partition coefficient (Wildman–Crippen LogP) is 5.00. The van der Waals surface area contributed by atoms with Gasteiger partial charge in [-0.3, -0.25) is 14.9 Å².